The Balaban J connectivity index is 1.68. The minimum Gasteiger partial charge on any atom is -0.497 e. The molecular formula is C27H27NO8. The topological polar surface area (TPSA) is 105 Å². The molecule has 0 spiro atoms. The van der Waals surface area contributed by atoms with E-state index in [-0.39, 0.29) is 36.7 Å². The van der Waals surface area contributed by atoms with E-state index in [1.54, 1.807) is 49.5 Å². The number of hydrogen-bond donors (Lipinski definition) is 0. The van der Waals surface area contributed by atoms with E-state index in [1.807, 2.05) is 18.2 Å². The number of rotatable bonds is 8. The number of piperidine rings is 1. The number of hydrogen-bond acceptors (Lipinski definition) is 8. The molecular weight excluding hydrogens is 466 g/mol. The van der Waals surface area contributed by atoms with Crippen LogP contribution in [0, 0.1) is 5.92 Å². The van der Waals surface area contributed by atoms with Crippen LogP contribution in [-0.2, 0) is 25.7 Å². The van der Waals surface area contributed by atoms with E-state index in [9.17, 15) is 14.4 Å². The lowest BCUT2D eigenvalue weighted by Crippen LogP contribution is -2.46. The molecule has 0 radical (unpaired) electrons. The monoisotopic (exact) mass is 493 g/mol. The molecule has 188 valence electrons. The van der Waals surface area contributed by atoms with Crippen molar-refractivity contribution in [2.45, 2.75) is 25.5 Å². The largest absolute Gasteiger partial charge is 0.497 e. The Morgan fingerprint density at radius 3 is 2.44 bits per heavy atom. The van der Waals surface area contributed by atoms with Gasteiger partial charge in [-0.25, -0.2) is 4.79 Å². The van der Waals surface area contributed by atoms with Crippen molar-refractivity contribution in [3.05, 3.63) is 77.7 Å². The molecule has 3 aromatic rings. The number of carbonyl (C=O) groups is 3. The molecule has 0 N–H and O–H groups in total. The number of nitrogens with zero attached hydrogens (tertiary/aromatic N) is 1. The van der Waals surface area contributed by atoms with Crippen LogP contribution in [0.25, 0.3) is 0 Å². The molecule has 0 bridgehead atoms. The molecule has 9 heteroatoms. The Kier molecular flexibility index (Phi) is 7.58. The van der Waals surface area contributed by atoms with Gasteiger partial charge in [-0.3, -0.25) is 9.59 Å². The van der Waals surface area contributed by atoms with Gasteiger partial charge in [0.2, 0.25) is 5.91 Å². The van der Waals surface area contributed by atoms with Crippen molar-refractivity contribution in [1.29, 1.82) is 0 Å². The number of esters is 2. The summed E-state index contributed by atoms with van der Waals surface area (Å²) in [6, 6.07) is 15.1. The summed E-state index contributed by atoms with van der Waals surface area (Å²) in [7, 11) is 4.37. The van der Waals surface area contributed by atoms with E-state index in [0.717, 1.165) is 0 Å². The van der Waals surface area contributed by atoms with E-state index in [1.165, 1.54) is 19.4 Å². The van der Waals surface area contributed by atoms with Crippen molar-refractivity contribution in [3.63, 3.8) is 0 Å². The van der Waals surface area contributed by atoms with Gasteiger partial charge in [-0.2, -0.15) is 0 Å². The molecule has 4 rings (SSSR count). The van der Waals surface area contributed by atoms with Crippen LogP contribution >= 0.6 is 0 Å². The zero-order valence-corrected chi connectivity index (χ0v) is 20.3. The van der Waals surface area contributed by atoms with E-state index in [4.69, 9.17) is 23.4 Å². The first-order valence-electron chi connectivity index (χ1n) is 11.4. The predicted octanol–water partition coefficient (Wildman–Crippen LogP) is 4.31. The summed E-state index contributed by atoms with van der Waals surface area (Å²) in [5.74, 6) is -0.556. The van der Waals surface area contributed by atoms with Gasteiger partial charge in [-0.1, -0.05) is 18.2 Å². The smallest absolute Gasteiger partial charge is 0.341 e. The Hall–Kier alpha value is -4.27. The molecule has 0 saturated carbocycles. The van der Waals surface area contributed by atoms with E-state index < -0.39 is 23.9 Å². The van der Waals surface area contributed by atoms with Crippen molar-refractivity contribution in [2.24, 2.45) is 5.92 Å². The SMILES string of the molecule is COC(=O)c1ccoc1COC(=O)[C@H]1CCC(=O)N(c2ccc(OC)cc2)[C@@H]1c1ccccc1OC. The minimum atomic E-state index is -0.697. The van der Waals surface area contributed by atoms with E-state index in [0.29, 0.717) is 22.7 Å². The number of furan rings is 1. The molecule has 9 nitrogen and oxygen atoms in total. The maximum Gasteiger partial charge on any atom is 0.341 e. The third-order valence-corrected chi connectivity index (χ3v) is 6.20. The number of methoxy groups -OCH3 is 3. The standard InChI is InChI=1S/C27H27NO8/c1-32-18-10-8-17(9-11-18)28-24(29)13-12-21(25(28)19-6-4-5-7-22(19)33-2)27(31)36-16-23-20(14-15-35-23)26(30)34-3/h4-11,14-15,21,25H,12-13,16H2,1-3H3/t21-,25+/m0/s1. The van der Waals surface area contributed by atoms with E-state index in [2.05, 4.69) is 0 Å². The van der Waals surface area contributed by atoms with Crippen LogP contribution in [0.1, 0.15) is 40.6 Å². The minimum absolute atomic E-state index is 0.126. The fraction of sp³-hybridized carbons (Fsp3) is 0.296. The molecule has 0 aliphatic carbocycles. The summed E-state index contributed by atoms with van der Waals surface area (Å²) >= 11 is 0. The molecule has 36 heavy (non-hydrogen) atoms. The molecule has 1 aliphatic heterocycles. The Morgan fingerprint density at radius 1 is 1.00 bits per heavy atom. The van der Waals surface area contributed by atoms with Gasteiger partial charge in [0.15, 0.2) is 5.76 Å². The molecule has 2 heterocycles. The Labute approximate surface area is 208 Å². The van der Waals surface area contributed by atoms with Crippen molar-refractivity contribution in [1.82, 2.24) is 0 Å². The fourth-order valence-corrected chi connectivity index (χ4v) is 4.44. The third-order valence-electron chi connectivity index (χ3n) is 6.20. The Bertz CT molecular complexity index is 1230. The van der Waals surface area contributed by atoms with Gasteiger partial charge < -0.3 is 28.3 Å². The summed E-state index contributed by atoms with van der Waals surface area (Å²) in [5, 5.41) is 0. The summed E-state index contributed by atoms with van der Waals surface area (Å²) in [5.41, 5.74) is 1.48. The Morgan fingerprint density at radius 2 is 1.75 bits per heavy atom. The van der Waals surface area contributed by atoms with Crippen LogP contribution in [-0.4, -0.2) is 39.2 Å². The van der Waals surface area contributed by atoms with Crippen LogP contribution < -0.4 is 14.4 Å². The second kappa shape index (κ2) is 11.0. The van der Waals surface area contributed by atoms with Gasteiger partial charge in [-0.15, -0.1) is 0 Å². The molecule has 1 aliphatic rings. The normalized spacial score (nSPS) is 17.4. The molecule has 1 amide bonds. The van der Waals surface area contributed by atoms with Crippen LogP contribution in [0.5, 0.6) is 11.5 Å². The summed E-state index contributed by atoms with van der Waals surface area (Å²) < 4.78 is 26.5. The first-order chi connectivity index (χ1) is 17.5. The maximum absolute atomic E-state index is 13.4. The molecule has 0 unspecified atom stereocenters. The van der Waals surface area contributed by atoms with Crippen LogP contribution in [0.2, 0.25) is 0 Å². The van der Waals surface area contributed by atoms with Gasteiger partial charge in [0.05, 0.1) is 39.6 Å². The van der Waals surface area contributed by atoms with Crippen LogP contribution in [0.15, 0.2) is 65.3 Å². The van der Waals surface area contributed by atoms with Crippen molar-refractivity contribution >= 4 is 23.5 Å². The van der Waals surface area contributed by atoms with Crippen LogP contribution in [0.3, 0.4) is 0 Å². The van der Waals surface area contributed by atoms with Crippen LogP contribution in [0.4, 0.5) is 5.69 Å². The maximum atomic E-state index is 13.4. The molecule has 1 aromatic heterocycles. The van der Waals surface area contributed by atoms with Crippen molar-refractivity contribution < 1.29 is 37.7 Å². The van der Waals surface area contributed by atoms with E-state index >= 15 is 0 Å². The van der Waals surface area contributed by atoms with Crippen molar-refractivity contribution in [2.75, 3.05) is 26.2 Å². The number of carbonyl (C=O) groups excluding carboxylic acids is 3. The zero-order valence-electron chi connectivity index (χ0n) is 20.3. The molecule has 2 aromatic carbocycles. The second-order valence-electron chi connectivity index (χ2n) is 8.15. The van der Waals surface area contributed by atoms with Gasteiger partial charge in [0.1, 0.15) is 23.7 Å². The van der Waals surface area contributed by atoms with Gasteiger partial charge in [0, 0.05) is 17.7 Å². The third kappa shape index (κ3) is 4.91. The zero-order chi connectivity index (χ0) is 25.7. The number of benzene rings is 2. The van der Waals surface area contributed by atoms with Gasteiger partial charge in [-0.05, 0) is 42.8 Å². The quantitative estimate of drug-likeness (QED) is 0.428. The highest BCUT2D eigenvalue weighted by atomic mass is 16.5. The number of amides is 1. The van der Waals surface area contributed by atoms with Crippen molar-refractivity contribution in [3.8, 4) is 11.5 Å². The first-order valence-corrected chi connectivity index (χ1v) is 11.4. The lowest BCUT2D eigenvalue weighted by molar-refractivity contribution is -0.152. The highest BCUT2D eigenvalue weighted by molar-refractivity contribution is 5.97. The van der Waals surface area contributed by atoms with Gasteiger partial charge in [0.25, 0.3) is 0 Å². The number of para-hydroxylation sites is 1. The second-order valence-corrected chi connectivity index (χ2v) is 8.15. The lowest BCUT2D eigenvalue weighted by atomic mass is 9.83. The van der Waals surface area contributed by atoms with Gasteiger partial charge >= 0.3 is 11.9 Å². The predicted molar refractivity (Wildman–Crippen MR) is 129 cm³/mol. The molecule has 1 fully saturated rings. The highest BCUT2D eigenvalue weighted by Gasteiger charge is 2.43. The first kappa shape index (κ1) is 24.8. The summed E-state index contributed by atoms with van der Waals surface area (Å²) in [6.45, 7) is -0.248. The summed E-state index contributed by atoms with van der Waals surface area (Å²) in [6.07, 6.45) is 1.78. The molecule has 2 atom stereocenters. The fourth-order valence-electron chi connectivity index (χ4n) is 4.44. The molecule has 1 saturated heterocycles. The number of ether oxygens (including phenoxy) is 4. The average molecular weight is 494 g/mol. The highest BCUT2D eigenvalue weighted by Crippen LogP contribution is 2.43. The lowest BCUT2D eigenvalue weighted by Gasteiger charge is -2.40. The average Bonchev–Trinajstić information content (AvgIpc) is 3.40. The number of anilines is 1. The summed E-state index contributed by atoms with van der Waals surface area (Å²) in [4.78, 5) is 40.2.